The van der Waals surface area contributed by atoms with Crippen LogP contribution in [0.5, 0.6) is 0 Å². The van der Waals surface area contributed by atoms with E-state index in [-0.39, 0.29) is 31.1 Å². The number of hydrogen-bond acceptors (Lipinski definition) is 5. The second-order valence-corrected chi connectivity index (χ2v) is 7.27. The van der Waals surface area contributed by atoms with Crippen molar-refractivity contribution in [1.82, 2.24) is 9.62 Å². The summed E-state index contributed by atoms with van der Waals surface area (Å²) in [6.45, 7) is 5.06. The van der Waals surface area contributed by atoms with Crippen molar-refractivity contribution in [3.63, 3.8) is 0 Å². The van der Waals surface area contributed by atoms with Gasteiger partial charge in [0.25, 0.3) is 0 Å². The second-order valence-electron chi connectivity index (χ2n) is 5.23. The Morgan fingerprint density at radius 1 is 1.40 bits per heavy atom. The zero-order chi connectivity index (χ0) is 15.2. The van der Waals surface area contributed by atoms with Crippen molar-refractivity contribution in [2.75, 3.05) is 32.0 Å². The van der Waals surface area contributed by atoms with Crippen molar-refractivity contribution in [3.8, 4) is 0 Å². The fourth-order valence-corrected chi connectivity index (χ4v) is 3.74. The summed E-state index contributed by atoms with van der Waals surface area (Å²) in [5.74, 6) is -0.751. The van der Waals surface area contributed by atoms with E-state index in [0.29, 0.717) is 12.8 Å². The number of amides is 1. The molecular weight excluding hydrogens is 282 g/mol. The largest absolute Gasteiger partial charge is 0.378 e. The fraction of sp³-hybridized carbons (Fsp3) is 0.917. The van der Waals surface area contributed by atoms with Gasteiger partial charge >= 0.3 is 0 Å². The van der Waals surface area contributed by atoms with Crippen molar-refractivity contribution >= 4 is 15.9 Å². The molecule has 0 aliphatic carbocycles. The first-order chi connectivity index (χ1) is 9.33. The van der Waals surface area contributed by atoms with E-state index in [0.717, 1.165) is 13.1 Å². The van der Waals surface area contributed by atoms with E-state index >= 15 is 0 Å². The summed E-state index contributed by atoms with van der Waals surface area (Å²) >= 11 is 0. The number of piperidine rings is 1. The molecule has 20 heavy (non-hydrogen) atoms. The van der Waals surface area contributed by atoms with Crippen molar-refractivity contribution in [2.45, 2.75) is 38.8 Å². The molecule has 118 valence electrons. The molecule has 0 radical (unpaired) electrons. The SMILES string of the molecule is CC(C)OCCS(=O)(=O)N(CC(N)=O)C1CCNCC1. The van der Waals surface area contributed by atoms with E-state index in [1.54, 1.807) is 0 Å². The summed E-state index contributed by atoms with van der Waals surface area (Å²) in [4.78, 5) is 11.2. The number of ether oxygens (including phenoxy) is 1. The van der Waals surface area contributed by atoms with Gasteiger partial charge in [0.2, 0.25) is 15.9 Å². The summed E-state index contributed by atoms with van der Waals surface area (Å²) in [5, 5.41) is 3.17. The third-order valence-electron chi connectivity index (χ3n) is 3.18. The van der Waals surface area contributed by atoms with Gasteiger partial charge in [-0.25, -0.2) is 8.42 Å². The van der Waals surface area contributed by atoms with Crippen LogP contribution in [0.2, 0.25) is 0 Å². The molecule has 1 aliphatic rings. The lowest BCUT2D eigenvalue weighted by molar-refractivity contribution is -0.118. The third kappa shape index (κ3) is 5.74. The van der Waals surface area contributed by atoms with E-state index in [1.807, 2.05) is 13.8 Å². The first kappa shape index (κ1) is 17.4. The average Bonchev–Trinajstić information content (AvgIpc) is 2.36. The number of carbonyl (C=O) groups is 1. The first-order valence-electron chi connectivity index (χ1n) is 6.93. The maximum Gasteiger partial charge on any atom is 0.232 e. The van der Waals surface area contributed by atoms with Gasteiger partial charge < -0.3 is 15.8 Å². The molecule has 7 nitrogen and oxygen atoms in total. The molecule has 0 atom stereocenters. The molecule has 0 saturated carbocycles. The Morgan fingerprint density at radius 3 is 2.50 bits per heavy atom. The number of nitrogens with one attached hydrogen (secondary N) is 1. The van der Waals surface area contributed by atoms with Crippen LogP contribution in [0, 0.1) is 0 Å². The van der Waals surface area contributed by atoms with E-state index in [1.165, 1.54) is 4.31 Å². The Bertz CT molecular complexity index is 405. The Hall–Kier alpha value is -0.700. The van der Waals surface area contributed by atoms with Crippen LogP contribution < -0.4 is 11.1 Å². The van der Waals surface area contributed by atoms with Gasteiger partial charge in [0, 0.05) is 6.04 Å². The maximum atomic E-state index is 12.4. The smallest absolute Gasteiger partial charge is 0.232 e. The van der Waals surface area contributed by atoms with Crippen LogP contribution in [0.3, 0.4) is 0 Å². The first-order valence-corrected chi connectivity index (χ1v) is 8.54. The third-order valence-corrected chi connectivity index (χ3v) is 5.00. The van der Waals surface area contributed by atoms with Crippen LogP contribution >= 0.6 is 0 Å². The molecule has 1 rings (SSSR count). The topological polar surface area (TPSA) is 102 Å². The zero-order valence-corrected chi connectivity index (χ0v) is 13.0. The summed E-state index contributed by atoms with van der Waals surface area (Å²) < 4.78 is 31.3. The van der Waals surface area contributed by atoms with Crippen molar-refractivity contribution in [3.05, 3.63) is 0 Å². The van der Waals surface area contributed by atoms with Gasteiger partial charge in [0.05, 0.1) is 25.0 Å². The standard InChI is InChI=1S/C12H25N3O4S/c1-10(2)19-7-8-20(17,18)15(9-12(13)16)11-3-5-14-6-4-11/h10-11,14H,3-9H2,1-2H3,(H2,13,16). The molecule has 0 aromatic carbocycles. The van der Waals surface area contributed by atoms with E-state index in [2.05, 4.69) is 5.32 Å². The molecule has 1 saturated heterocycles. The average molecular weight is 307 g/mol. The van der Waals surface area contributed by atoms with Crippen molar-refractivity contribution in [1.29, 1.82) is 0 Å². The molecule has 8 heteroatoms. The van der Waals surface area contributed by atoms with Gasteiger partial charge in [-0.05, 0) is 39.8 Å². The van der Waals surface area contributed by atoms with Crippen LogP contribution in [-0.2, 0) is 19.6 Å². The Morgan fingerprint density at radius 2 is 2.00 bits per heavy atom. The van der Waals surface area contributed by atoms with E-state index < -0.39 is 15.9 Å². The minimum atomic E-state index is -3.53. The molecule has 0 spiro atoms. The molecule has 0 bridgehead atoms. The highest BCUT2D eigenvalue weighted by Gasteiger charge is 2.31. The number of primary amides is 1. The Kier molecular flexibility index (Phi) is 6.87. The van der Waals surface area contributed by atoms with Gasteiger partial charge in [0.15, 0.2) is 0 Å². The molecule has 1 amide bonds. The molecule has 3 N–H and O–H groups in total. The summed E-state index contributed by atoms with van der Waals surface area (Å²) in [6.07, 6.45) is 1.36. The molecule has 1 heterocycles. The highest BCUT2D eigenvalue weighted by atomic mass is 32.2. The minimum absolute atomic E-state index is 0.0197. The van der Waals surface area contributed by atoms with Gasteiger partial charge in [-0.1, -0.05) is 0 Å². The second kappa shape index (κ2) is 7.92. The lowest BCUT2D eigenvalue weighted by Crippen LogP contribution is -2.50. The molecule has 0 aromatic rings. The molecule has 0 aromatic heterocycles. The maximum absolute atomic E-state index is 12.4. The number of carbonyl (C=O) groups excluding carboxylic acids is 1. The number of hydrogen-bond donors (Lipinski definition) is 2. The number of nitrogens with zero attached hydrogens (tertiary/aromatic N) is 1. The summed E-state index contributed by atoms with van der Waals surface area (Å²) in [6, 6.07) is -0.159. The molecule has 0 unspecified atom stereocenters. The predicted octanol–water partition coefficient (Wildman–Crippen LogP) is -0.719. The zero-order valence-electron chi connectivity index (χ0n) is 12.2. The van der Waals surface area contributed by atoms with Gasteiger partial charge in [-0.15, -0.1) is 0 Å². The van der Waals surface area contributed by atoms with Gasteiger partial charge in [-0.3, -0.25) is 4.79 Å². The predicted molar refractivity (Wildman–Crippen MR) is 76.7 cm³/mol. The Balaban J connectivity index is 2.71. The van der Waals surface area contributed by atoms with Crippen LogP contribution in [0.15, 0.2) is 0 Å². The summed E-state index contributed by atoms with van der Waals surface area (Å²) in [7, 11) is -3.53. The minimum Gasteiger partial charge on any atom is -0.378 e. The van der Waals surface area contributed by atoms with Gasteiger partial charge in [-0.2, -0.15) is 4.31 Å². The van der Waals surface area contributed by atoms with Crippen molar-refractivity contribution < 1.29 is 17.9 Å². The van der Waals surface area contributed by atoms with Crippen LogP contribution in [-0.4, -0.2) is 62.8 Å². The summed E-state index contributed by atoms with van der Waals surface area (Å²) in [5.41, 5.74) is 5.18. The van der Waals surface area contributed by atoms with Gasteiger partial charge in [0.1, 0.15) is 0 Å². The quantitative estimate of drug-likeness (QED) is 0.616. The van der Waals surface area contributed by atoms with E-state index in [9.17, 15) is 13.2 Å². The van der Waals surface area contributed by atoms with Crippen LogP contribution in [0.25, 0.3) is 0 Å². The monoisotopic (exact) mass is 307 g/mol. The fourth-order valence-electron chi connectivity index (χ4n) is 2.21. The highest BCUT2D eigenvalue weighted by molar-refractivity contribution is 7.89. The Labute approximate surface area is 120 Å². The molecule has 1 fully saturated rings. The molecule has 1 aliphatic heterocycles. The number of sulfonamides is 1. The molecular formula is C12H25N3O4S. The normalized spacial score (nSPS) is 17.8. The number of nitrogens with two attached hydrogens (primary N) is 1. The number of rotatable bonds is 8. The van der Waals surface area contributed by atoms with Crippen LogP contribution in [0.1, 0.15) is 26.7 Å². The highest BCUT2D eigenvalue weighted by Crippen LogP contribution is 2.16. The van der Waals surface area contributed by atoms with Crippen molar-refractivity contribution in [2.24, 2.45) is 5.73 Å². The lowest BCUT2D eigenvalue weighted by Gasteiger charge is -2.33. The van der Waals surface area contributed by atoms with Crippen LogP contribution in [0.4, 0.5) is 0 Å². The lowest BCUT2D eigenvalue weighted by atomic mass is 10.1. The van der Waals surface area contributed by atoms with E-state index in [4.69, 9.17) is 10.5 Å².